The van der Waals surface area contributed by atoms with Crippen molar-refractivity contribution in [2.45, 2.75) is 76.9 Å². The van der Waals surface area contributed by atoms with Crippen molar-refractivity contribution < 1.29 is 22.7 Å². The van der Waals surface area contributed by atoms with Crippen molar-refractivity contribution in [1.82, 2.24) is 10.2 Å². The van der Waals surface area contributed by atoms with Gasteiger partial charge in [0.05, 0.1) is 24.1 Å². The summed E-state index contributed by atoms with van der Waals surface area (Å²) in [6, 6.07) is 11.5. The van der Waals surface area contributed by atoms with Gasteiger partial charge in [0.25, 0.3) is 0 Å². The average molecular weight is 613 g/mol. The number of methoxy groups -OCH3 is 1. The lowest BCUT2D eigenvalue weighted by molar-refractivity contribution is -0.141. The maximum absolute atomic E-state index is 13.7. The monoisotopic (exact) mass is 611 g/mol. The Morgan fingerprint density at radius 2 is 1.75 bits per heavy atom. The van der Waals surface area contributed by atoms with E-state index in [1.807, 2.05) is 31.2 Å². The van der Waals surface area contributed by atoms with Crippen molar-refractivity contribution in [1.29, 1.82) is 0 Å². The molecule has 40 heavy (non-hydrogen) atoms. The summed E-state index contributed by atoms with van der Waals surface area (Å²) in [6.07, 6.45) is 7.06. The third-order valence-electron chi connectivity index (χ3n) is 7.18. The van der Waals surface area contributed by atoms with E-state index < -0.39 is 16.1 Å². The second-order valence-electron chi connectivity index (χ2n) is 10.2. The van der Waals surface area contributed by atoms with Crippen LogP contribution in [0.15, 0.2) is 42.5 Å². The lowest BCUT2D eigenvalue weighted by atomic mass is 9.95. The number of hydrogen-bond acceptors (Lipinski definition) is 5. The summed E-state index contributed by atoms with van der Waals surface area (Å²) in [5.41, 5.74) is 1.12. The maximum Gasteiger partial charge on any atom is 0.243 e. The molecule has 1 N–H and O–H groups in total. The van der Waals surface area contributed by atoms with Crippen molar-refractivity contribution in [3.8, 4) is 5.75 Å². The number of nitrogens with one attached hydrogen (secondary N) is 1. The highest BCUT2D eigenvalue weighted by atomic mass is 35.5. The van der Waals surface area contributed by atoms with Crippen LogP contribution in [0.4, 0.5) is 5.69 Å². The third-order valence-corrected chi connectivity index (χ3v) is 8.91. The Hall–Kier alpha value is -2.49. The second-order valence-corrected chi connectivity index (χ2v) is 12.9. The Bertz CT molecular complexity index is 1250. The summed E-state index contributed by atoms with van der Waals surface area (Å²) >= 11 is 12.4. The lowest BCUT2D eigenvalue weighted by Gasteiger charge is -2.33. The molecule has 1 aliphatic rings. The SMILES string of the molecule is CC[C@@H](C(=O)NC1CCCCC1)N(Cc1ccc(OC)cc1)C(=O)CCCN(c1cc(Cl)ccc1Cl)S(C)(=O)=O. The number of ether oxygens (including phenoxy) is 1. The van der Waals surface area contributed by atoms with Gasteiger partial charge in [0, 0.05) is 30.6 Å². The van der Waals surface area contributed by atoms with Gasteiger partial charge in [0.15, 0.2) is 0 Å². The van der Waals surface area contributed by atoms with E-state index in [1.54, 1.807) is 18.1 Å². The smallest absolute Gasteiger partial charge is 0.243 e. The lowest BCUT2D eigenvalue weighted by Crippen LogP contribution is -2.51. The summed E-state index contributed by atoms with van der Waals surface area (Å²) < 4.78 is 31.6. The number of carbonyl (C=O) groups excluding carboxylic acids is 2. The fraction of sp³-hybridized carbons (Fsp3) is 0.517. The van der Waals surface area contributed by atoms with Crippen LogP contribution in [0.5, 0.6) is 5.75 Å². The van der Waals surface area contributed by atoms with Gasteiger partial charge < -0.3 is 15.0 Å². The van der Waals surface area contributed by atoms with Crippen molar-refractivity contribution in [2.75, 3.05) is 24.2 Å². The van der Waals surface area contributed by atoms with Gasteiger partial charge in [0.2, 0.25) is 21.8 Å². The zero-order chi connectivity index (χ0) is 29.3. The first-order chi connectivity index (χ1) is 19.0. The molecule has 0 heterocycles. The van der Waals surface area contributed by atoms with E-state index in [-0.39, 0.29) is 54.5 Å². The minimum absolute atomic E-state index is 0.0338. The molecule has 0 aliphatic heterocycles. The van der Waals surface area contributed by atoms with Crippen LogP contribution in [-0.4, -0.2) is 57.1 Å². The molecule has 0 unspecified atom stereocenters. The van der Waals surface area contributed by atoms with E-state index in [0.29, 0.717) is 17.2 Å². The van der Waals surface area contributed by atoms with Crippen LogP contribution in [0.3, 0.4) is 0 Å². The highest BCUT2D eigenvalue weighted by molar-refractivity contribution is 7.92. The van der Waals surface area contributed by atoms with E-state index in [9.17, 15) is 18.0 Å². The van der Waals surface area contributed by atoms with Crippen LogP contribution in [0.25, 0.3) is 0 Å². The number of nitrogens with zero attached hydrogens (tertiary/aromatic N) is 2. The van der Waals surface area contributed by atoms with Crippen LogP contribution in [-0.2, 0) is 26.2 Å². The number of sulfonamides is 1. The zero-order valence-electron chi connectivity index (χ0n) is 23.4. The Morgan fingerprint density at radius 3 is 2.35 bits per heavy atom. The minimum atomic E-state index is -3.69. The number of carbonyl (C=O) groups is 2. The van der Waals surface area contributed by atoms with Crippen LogP contribution in [0.2, 0.25) is 10.0 Å². The highest BCUT2D eigenvalue weighted by Crippen LogP contribution is 2.31. The Balaban J connectivity index is 1.78. The fourth-order valence-corrected chi connectivity index (χ4v) is 6.46. The molecule has 220 valence electrons. The quantitative estimate of drug-likeness (QED) is 0.308. The van der Waals surface area contributed by atoms with E-state index in [4.69, 9.17) is 27.9 Å². The molecule has 0 aromatic heterocycles. The largest absolute Gasteiger partial charge is 0.497 e. The predicted molar refractivity (Wildman–Crippen MR) is 161 cm³/mol. The van der Waals surface area contributed by atoms with E-state index in [2.05, 4.69) is 5.32 Å². The average Bonchev–Trinajstić information content (AvgIpc) is 2.92. The molecule has 1 atom stereocenters. The summed E-state index contributed by atoms with van der Waals surface area (Å²) in [5.74, 6) is 0.316. The molecule has 2 amide bonds. The second kappa shape index (κ2) is 14.9. The zero-order valence-corrected chi connectivity index (χ0v) is 25.7. The Morgan fingerprint density at radius 1 is 1.07 bits per heavy atom. The first-order valence-electron chi connectivity index (χ1n) is 13.7. The van der Waals surface area contributed by atoms with E-state index in [0.717, 1.165) is 41.8 Å². The molecule has 1 saturated carbocycles. The molecule has 8 nitrogen and oxygen atoms in total. The normalized spacial score (nSPS) is 14.8. The molecule has 0 saturated heterocycles. The van der Waals surface area contributed by atoms with Gasteiger partial charge >= 0.3 is 0 Å². The fourth-order valence-electron chi connectivity index (χ4n) is 5.05. The number of hydrogen-bond donors (Lipinski definition) is 1. The van der Waals surface area contributed by atoms with Crippen LogP contribution < -0.4 is 14.4 Å². The molecule has 2 aromatic rings. The number of benzene rings is 2. The van der Waals surface area contributed by atoms with Gasteiger partial charge in [-0.05, 0) is 61.6 Å². The predicted octanol–water partition coefficient (Wildman–Crippen LogP) is 5.80. The van der Waals surface area contributed by atoms with E-state index in [1.165, 1.54) is 18.6 Å². The first kappa shape index (κ1) is 32.0. The molecule has 11 heteroatoms. The van der Waals surface area contributed by atoms with Gasteiger partial charge in [-0.1, -0.05) is 61.5 Å². The summed E-state index contributed by atoms with van der Waals surface area (Å²) in [4.78, 5) is 28.7. The maximum atomic E-state index is 13.7. The topological polar surface area (TPSA) is 96.0 Å². The molecule has 2 aromatic carbocycles. The van der Waals surface area contributed by atoms with Crippen LogP contribution >= 0.6 is 23.2 Å². The van der Waals surface area contributed by atoms with Crippen LogP contribution in [0.1, 0.15) is 63.9 Å². The molecule has 0 spiro atoms. The molecule has 1 aliphatic carbocycles. The Kier molecular flexibility index (Phi) is 12.0. The van der Waals surface area contributed by atoms with Crippen LogP contribution in [0, 0.1) is 0 Å². The number of anilines is 1. The molecular formula is C29H39Cl2N3O5S. The third kappa shape index (κ3) is 9.01. The van der Waals surface area contributed by atoms with Gasteiger partial charge in [-0.2, -0.15) is 0 Å². The van der Waals surface area contributed by atoms with Gasteiger partial charge in [-0.25, -0.2) is 8.42 Å². The molecule has 3 rings (SSSR count). The minimum Gasteiger partial charge on any atom is -0.497 e. The first-order valence-corrected chi connectivity index (χ1v) is 16.3. The summed E-state index contributed by atoms with van der Waals surface area (Å²) in [5, 5.41) is 3.76. The number of amides is 2. The molecule has 0 radical (unpaired) electrons. The van der Waals surface area contributed by atoms with E-state index >= 15 is 0 Å². The van der Waals surface area contributed by atoms with Gasteiger partial charge in [-0.15, -0.1) is 0 Å². The van der Waals surface area contributed by atoms with Crippen molar-refractivity contribution in [2.24, 2.45) is 0 Å². The van der Waals surface area contributed by atoms with Gasteiger partial charge in [-0.3, -0.25) is 13.9 Å². The highest BCUT2D eigenvalue weighted by Gasteiger charge is 2.30. The van der Waals surface area contributed by atoms with Crippen molar-refractivity contribution >= 4 is 50.7 Å². The van der Waals surface area contributed by atoms with Crippen molar-refractivity contribution in [3.63, 3.8) is 0 Å². The van der Waals surface area contributed by atoms with Gasteiger partial charge in [0.1, 0.15) is 11.8 Å². The molecular weight excluding hydrogens is 573 g/mol. The number of halogens is 2. The standard InChI is InChI=1S/C29H39Cl2N3O5S/c1-4-26(29(36)32-23-9-6-5-7-10-23)33(20-21-12-15-24(39-2)16-13-21)28(35)11-8-18-34(40(3,37)38)27-19-22(30)14-17-25(27)31/h12-17,19,23,26H,4-11,18,20H2,1-3H3,(H,32,36)/t26-/m0/s1. The summed E-state index contributed by atoms with van der Waals surface area (Å²) in [7, 11) is -2.10. The Labute approximate surface area is 248 Å². The van der Waals surface area contributed by atoms with Crippen molar-refractivity contribution in [3.05, 3.63) is 58.1 Å². The molecule has 0 bridgehead atoms. The number of rotatable bonds is 13. The molecule has 1 fully saturated rings. The summed E-state index contributed by atoms with van der Waals surface area (Å²) in [6.45, 7) is 2.17.